The molecule has 1 aromatic rings. The highest BCUT2D eigenvalue weighted by Crippen LogP contribution is 2.25. The van der Waals surface area contributed by atoms with Gasteiger partial charge < -0.3 is 24.0 Å². The van der Waals surface area contributed by atoms with Gasteiger partial charge in [-0.15, -0.1) is 0 Å². The Morgan fingerprint density at radius 3 is 2.12 bits per heavy atom. The van der Waals surface area contributed by atoms with Crippen molar-refractivity contribution in [2.24, 2.45) is 0 Å². The molecule has 1 aromatic carbocycles. The van der Waals surface area contributed by atoms with Crippen molar-refractivity contribution in [3.05, 3.63) is 29.3 Å². The number of rotatable bonds is 3. The number of benzene rings is 1. The molecule has 3 rings (SSSR count). The summed E-state index contributed by atoms with van der Waals surface area (Å²) in [5.41, 5.74) is 1.69. The van der Waals surface area contributed by atoms with Crippen molar-refractivity contribution < 1.29 is 23.8 Å². The van der Waals surface area contributed by atoms with Crippen LogP contribution >= 0.6 is 0 Å². The van der Waals surface area contributed by atoms with Crippen molar-refractivity contribution in [2.75, 3.05) is 64.6 Å². The van der Waals surface area contributed by atoms with E-state index in [1.165, 1.54) is 7.11 Å². The average molecular weight is 364 g/mol. The topological polar surface area (TPSA) is 68.3 Å². The second-order valence-electron chi connectivity index (χ2n) is 5.73. The van der Waals surface area contributed by atoms with E-state index in [-0.39, 0.29) is 5.91 Å². The molecule has 0 unspecified atom stereocenters. The third-order valence-corrected chi connectivity index (χ3v) is 4.30. The Hall–Kier alpha value is -2.12. The minimum atomic E-state index is -0.437. The third kappa shape index (κ3) is 4.74. The number of nitrogens with zero attached hydrogens (tertiary/aromatic N) is 2. The Labute approximate surface area is 154 Å². The number of amides is 1. The fourth-order valence-corrected chi connectivity index (χ4v) is 2.97. The highest BCUT2D eigenvalue weighted by molar-refractivity contribution is 6.01. The van der Waals surface area contributed by atoms with Crippen LogP contribution in [0.3, 0.4) is 0 Å². The number of esters is 1. The number of hydrogen-bond donors (Lipinski definition) is 0. The summed E-state index contributed by atoms with van der Waals surface area (Å²) in [7, 11) is 1.35. The lowest BCUT2D eigenvalue weighted by Crippen LogP contribution is -2.41. The Bertz CT molecular complexity index is 608. The monoisotopic (exact) mass is 364 g/mol. The number of hydrogen-bond acceptors (Lipinski definition) is 6. The molecule has 1 amide bonds. The van der Waals surface area contributed by atoms with Crippen molar-refractivity contribution in [1.82, 2.24) is 4.90 Å². The van der Waals surface area contributed by atoms with Crippen molar-refractivity contribution in [3.8, 4) is 0 Å². The summed E-state index contributed by atoms with van der Waals surface area (Å²) < 4.78 is 15.5. The summed E-state index contributed by atoms with van der Waals surface area (Å²) in [4.78, 5) is 28.7. The quantitative estimate of drug-likeness (QED) is 0.762. The number of anilines is 1. The van der Waals surface area contributed by atoms with E-state index in [0.717, 1.165) is 5.69 Å². The Morgan fingerprint density at radius 2 is 1.54 bits per heavy atom. The van der Waals surface area contributed by atoms with Crippen LogP contribution in [0.25, 0.3) is 0 Å². The third-order valence-electron chi connectivity index (χ3n) is 4.30. The second kappa shape index (κ2) is 10.1. The molecule has 0 radical (unpaired) electrons. The summed E-state index contributed by atoms with van der Waals surface area (Å²) >= 11 is 0. The van der Waals surface area contributed by atoms with E-state index in [1.54, 1.807) is 17.0 Å². The van der Waals surface area contributed by atoms with Crippen LogP contribution in [-0.4, -0.2) is 76.5 Å². The van der Waals surface area contributed by atoms with Crippen LogP contribution in [0.5, 0.6) is 0 Å². The smallest absolute Gasteiger partial charge is 0.339 e. The molecule has 0 aliphatic carbocycles. The molecule has 2 fully saturated rings. The second-order valence-corrected chi connectivity index (χ2v) is 5.73. The average Bonchev–Trinajstić information content (AvgIpc) is 2.75. The first-order chi connectivity index (χ1) is 12.7. The van der Waals surface area contributed by atoms with Gasteiger partial charge in [0, 0.05) is 31.7 Å². The van der Waals surface area contributed by atoms with Gasteiger partial charge in [0.1, 0.15) is 0 Å². The molecule has 7 nitrogen and oxygen atoms in total. The highest BCUT2D eigenvalue weighted by Gasteiger charge is 2.24. The maximum absolute atomic E-state index is 12.6. The van der Waals surface area contributed by atoms with E-state index in [0.29, 0.717) is 63.7 Å². The molecule has 2 saturated heterocycles. The maximum atomic E-state index is 12.6. The van der Waals surface area contributed by atoms with Gasteiger partial charge in [0.15, 0.2) is 0 Å². The van der Waals surface area contributed by atoms with Gasteiger partial charge in [0.25, 0.3) is 5.91 Å². The predicted molar refractivity (Wildman–Crippen MR) is 98.9 cm³/mol. The van der Waals surface area contributed by atoms with Gasteiger partial charge in [0.2, 0.25) is 0 Å². The molecule has 7 heteroatoms. The molecule has 2 heterocycles. The van der Waals surface area contributed by atoms with Crippen LogP contribution in [0.1, 0.15) is 34.6 Å². The first-order valence-electron chi connectivity index (χ1n) is 9.13. The number of ether oxygens (including phenoxy) is 3. The van der Waals surface area contributed by atoms with Gasteiger partial charge in [-0.3, -0.25) is 4.79 Å². The Morgan fingerprint density at radius 1 is 0.962 bits per heavy atom. The van der Waals surface area contributed by atoms with Crippen molar-refractivity contribution in [2.45, 2.75) is 13.8 Å². The van der Waals surface area contributed by atoms with E-state index in [9.17, 15) is 9.59 Å². The SMILES string of the molecule is CC.COC(=O)c1cc(C(=O)N2CCOCC2)ccc1N1CCOCC1. The largest absolute Gasteiger partial charge is 0.465 e. The first-order valence-corrected chi connectivity index (χ1v) is 9.13. The lowest BCUT2D eigenvalue weighted by atomic mass is 10.1. The molecular formula is C19H28N2O5. The summed E-state index contributed by atoms with van der Waals surface area (Å²) in [5.74, 6) is -0.523. The van der Waals surface area contributed by atoms with Gasteiger partial charge in [-0.05, 0) is 18.2 Å². The van der Waals surface area contributed by atoms with Crippen LogP contribution in [0, 0.1) is 0 Å². The fraction of sp³-hybridized carbons (Fsp3) is 0.579. The normalized spacial score (nSPS) is 17.2. The maximum Gasteiger partial charge on any atom is 0.339 e. The van der Waals surface area contributed by atoms with Gasteiger partial charge >= 0.3 is 5.97 Å². The molecule has 0 saturated carbocycles. The molecular weight excluding hydrogens is 336 g/mol. The van der Waals surface area contributed by atoms with Gasteiger partial charge in [-0.1, -0.05) is 13.8 Å². The molecule has 26 heavy (non-hydrogen) atoms. The van der Waals surface area contributed by atoms with E-state index in [1.807, 2.05) is 19.9 Å². The molecule has 0 atom stereocenters. The van der Waals surface area contributed by atoms with Crippen molar-refractivity contribution in [3.63, 3.8) is 0 Å². The zero-order valence-electron chi connectivity index (χ0n) is 15.8. The summed E-state index contributed by atoms with van der Waals surface area (Å²) in [6.07, 6.45) is 0. The Balaban J connectivity index is 0.00000117. The van der Waals surface area contributed by atoms with Gasteiger partial charge in [-0.25, -0.2) is 4.79 Å². The number of carbonyl (C=O) groups is 2. The molecule has 2 aliphatic rings. The van der Waals surface area contributed by atoms with E-state index < -0.39 is 5.97 Å². The van der Waals surface area contributed by atoms with Crippen LogP contribution in [0.15, 0.2) is 18.2 Å². The lowest BCUT2D eigenvalue weighted by molar-refractivity contribution is 0.0303. The van der Waals surface area contributed by atoms with Crippen molar-refractivity contribution in [1.29, 1.82) is 0 Å². The first kappa shape index (κ1) is 20.2. The molecule has 144 valence electrons. The summed E-state index contributed by atoms with van der Waals surface area (Å²) in [6.45, 7) is 8.88. The molecule has 0 spiro atoms. The number of carbonyl (C=O) groups excluding carboxylic acids is 2. The molecule has 0 N–H and O–H groups in total. The van der Waals surface area contributed by atoms with Crippen LogP contribution in [0.4, 0.5) is 5.69 Å². The van der Waals surface area contributed by atoms with E-state index >= 15 is 0 Å². The lowest BCUT2D eigenvalue weighted by Gasteiger charge is -2.31. The number of methoxy groups -OCH3 is 1. The molecule has 2 aliphatic heterocycles. The summed E-state index contributed by atoms with van der Waals surface area (Å²) in [5, 5.41) is 0. The Kier molecular flexibility index (Phi) is 7.87. The zero-order chi connectivity index (χ0) is 18.9. The summed E-state index contributed by atoms with van der Waals surface area (Å²) in [6, 6.07) is 5.23. The minimum Gasteiger partial charge on any atom is -0.465 e. The molecule has 0 aromatic heterocycles. The predicted octanol–water partition coefficient (Wildman–Crippen LogP) is 1.81. The van der Waals surface area contributed by atoms with Gasteiger partial charge in [0.05, 0.1) is 44.8 Å². The van der Waals surface area contributed by atoms with E-state index in [4.69, 9.17) is 14.2 Å². The van der Waals surface area contributed by atoms with Crippen LogP contribution < -0.4 is 4.90 Å². The zero-order valence-corrected chi connectivity index (χ0v) is 15.8. The fourth-order valence-electron chi connectivity index (χ4n) is 2.97. The van der Waals surface area contributed by atoms with Crippen LogP contribution in [0.2, 0.25) is 0 Å². The highest BCUT2D eigenvalue weighted by atomic mass is 16.5. The van der Waals surface area contributed by atoms with E-state index in [2.05, 4.69) is 4.90 Å². The van der Waals surface area contributed by atoms with Crippen molar-refractivity contribution >= 4 is 17.6 Å². The molecule has 0 bridgehead atoms. The standard InChI is InChI=1S/C17H22N2O5.C2H6/c1-22-17(21)14-12-13(16(20)19-6-10-24-11-7-19)2-3-15(14)18-4-8-23-9-5-18;1-2/h2-3,12H,4-11H2,1H3;1-2H3. The van der Waals surface area contributed by atoms with Crippen LogP contribution in [-0.2, 0) is 14.2 Å². The number of morpholine rings is 2. The minimum absolute atomic E-state index is 0.0861. The van der Waals surface area contributed by atoms with Gasteiger partial charge in [-0.2, -0.15) is 0 Å².